The molecule has 1 aromatic rings. The molecule has 1 fully saturated rings. The first-order valence-electron chi connectivity index (χ1n) is 8.00. The molecule has 0 aliphatic carbocycles. The van der Waals surface area contributed by atoms with Gasteiger partial charge in [-0.15, -0.1) is 0 Å². The van der Waals surface area contributed by atoms with Crippen LogP contribution in [0.2, 0.25) is 0 Å². The quantitative estimate of drug-likeness (QED) is 0.877. The fraction of sp³-hybridized carbons (Fsp3) is 0.471. The lowest BCUT2D eigenvalue weighted by molar-refractivity contribution is -0.139. The molecule has 0 saturated carbocycles. The summed E-state index contributed by atoms with van der Waals surface area (Å²) in [6.07, 6.45) is 1.39. The SMILES string of the molecule is CCCC(=O)N1CCN(C(=O)CNC(=O)c2ccccc2)CC1. The molecule has 0 radical (unpaired) electrons. The highest BCUT2D eigenvalue weighted by Gasteiger charge is 2.23. The smallest absolute Gasteiger partial charge is 0.251 e. The van der Waals surface area contributed by atoms with Crippen molar-refractivity contribution < 1.29 is 14.4 Å². The third kappa shape index (κ3) is 4.81. The number of rotatable bonds is 5. The van der Waals surface area contributed by atoms with Crippen LogP contribution in [-0.4, -0.2) is 60.2 Å². The van der Waals surface area contributed by atoms with Crippen LogP contribution in [0.4, 0.5) is 0 Å². The van der Waals surface area contributed by atoms with Crippen molar-refractivity contribution in [2.24, 2.45) is 0 Å². The van der Waals surface area contributed by atoms with Gasteiger partial charge < -0.3 is 15.1 Å². The van der Waals surface area contributed by atoms with Crippen LogP contribution < -0.4 is 5.32 Å². The van der Waals surface area contributed by atoms with Crippen LogP contribution in [0, 0.1) is 0 Å². The Morgan fingerprint density at radius 3 is 2.09 bits per heavy atom. The fourth-order valence-corrected chi connectivity index (χ4v) is 2.54. The Morgan fingerprint density at radius 1 is 0.957 bits per heavy atom. The lowest BCUT2D eigenvalue weighted by Gasteiger charge is -2.34. The average molecular weight is 317 g/mol. The Morgan fingerprint density at radius 2 is 1.52 bits per heavy atom. The van der Waals surface area contributed by atoms with E-state index in [0.717, 1.165) is 6.42 Å². The fourth-order valence-electron chi connectivity index (χ4n) is 2.54. The predicted octanol–water partition coefficient (Wildman–Crippen LogP) is 0.887. The molecule has 23 heavy (non-hydrogen) atoms. The van der Waals surface area contributed by atoms with Crippen LogP contribution in [0.1, 0.15) is 30.1 Å². The summed E-state index contributed by atoms with van der Waals surface area (Å²) in [6, 6.07) is 8.81. The molecule has 6 nitrogen and oxygen atoms in total. The molecule has 1 aliphatic rings. The lowest BCUT2D eigenvalue weighted by atomic mass is 10.2. The maximum Gasteiger partial charge on any atom is 0.251 e. The molecule has 0 aromatic heterocycles. The minimum Gasteiger partial charge on any atom is -0.343 e. The second kappa shape index (κ2) is 8.31. The summed E-state index contributed by atoms with van der Waals surface area (Å²) in [4.78, 5) is 39.4. The topological polar surface area (TPSA) is 69.7 Å². The maximum absolute atomic E-state index is 12.1. The number of carbonyl (C=O) groups excluding carboxylic acids is 3. The largest absolute Gasteiger partial charge is 0.343 e. The molecule has 1 aromatic carbocycles. The molecule has 1 saturated heterocycles. The van der Waals surface area contributed by atoms with Crippen molar-refractivity contribution in [3.05, 3.63) is 35.9 Å². The molecule has 6 heteroatoms. The highest BCUT2D eigenvalue weighted by molar-refractivity contribution is 5.96. The lowest BCUT2D eigenvalue weighted by Crippen LogP contribution is -2.52. The molecule has 0 unspecified atom stereocenters. The Labute approximate surface area is 136 Å². The molecule has 2 rings (SSSR count). The average Bonchev–Trinajstić information content (AvgIpc) is 2.60. The van der Waals surface area contributed by atoms with Crippen LogP contribution in [0.3, 0.4) is 0 Å². The van der Waals surface area contributed by atoms with Crippen LogP contribution in [0.15, 0.2) is 30.3 Å². The first-order valence-corrected chi connectivity index (χ1v) is 8.00. The first-order chi connectivity index (χ1) is 11.1. The van der Waals surface area contributed by atoms with Gasteiger partial charge in [-0.05, 0) is 18.6 Å². The molecular weight excluding hydrogens is 294 g/mol. The van der Waals surface area contributed by atoms with Crippen LogP contribution >= 0.6 is 0 Å². The Balaban J connectivity index is 1.75. The van der Waals surface area contributed by atoms with E-state index in [0.29, 0.717) is 38.2 Å². The minimum atomic E-state index is -0.254. The van der Waals surface area contributed by atoms with Gasteiger partial charge >= 0.3 is 0 Å². The van der Waals surface area contributed by atoms with E-state index in [1.165, 1.54) is 0 Å². The number of benzene rings is 1. The van der Waals surface area contributed by atoms with E-state index in [1.807, 2.05) is 13.0 Å². The van der Waals surface area contributed by atoms with Gasteiger partial charge in [-0.25, -0.2) is 0 Å². The van der Waals surface area contributed by atoms with Gasteiger partial charge in [0.25, 0.3) is 5.91 Å². The van der Waals surface area contributed by atoms with Gasteiger partial charge in [0.05, 0.1) is 6.54 Å². The third-order valence-corrected chi connectivity index (χ3v) is 3.89. The van der Waals surface area contributed by atoms with Crippen LogP contribution in [0.5, 0.6) is 0 Å². The number of hydrogen-bond donors (Lipinski definition) is 1. The van der Waals surface area contributed by atoms with Gasteiger partial charge in [0, 0.05) is 38.2 Å². The molecule has 1 aliphatic heterocycles. The van der Waals surface area contributed by atoms with Gasteiger partial charge in [-0.3, -0.25) is 14.4 Å². The number of carbonyl (C=O) groups is 3. The van der Waals surface area contributed by atoms with Crippen molar-refractivity contribution in [1.82, 2.24) is 15.1 Å². The summed E-state index contributed by atoms with van der Waals surface area (Å²) in [6.45, 7) is 4.14. The molecule has 1 N–H and O–H groups in total. The first kappa shape index (κ1) is 17.0. The van der Waals surface area contributed by atoms with Crippen molar-refractivity contribution in [1.29, 1.82) is 0 Å². The van der Waals surface area contributed by atoms with E-state index in [9.17, 15) is 14.4 Å². The van der Waals surface area contributed by atoms with E-state index in [-0.39, 0.29) is 24.3 Å². The zero-order chi connectivity index (χ0) is 16.7. The van der Waals surface area contributed by atoms with Crippen molar-refractivity contribution in [2.75, 3.05) is 32.7 Å². The van der Waals surface area contributed by atoms with Gasteiger partial charge in [-0.1, -0.05) is 25.1 Å². The van der Waals surface area contributed by atoms with Crippen molar-refractivity contribution in [3.63, 3.8) is 0 Å². The summed E-state index contributed by atoms with van der Waals surface area (Å²) in [5, 5.41) is 2.64. The van der Waals surface area contributed by atoms with E-state index < -0.39 is 0 Å². The number of amides is 3. The van der Waals surface area contributed by atoms with E-state index in [2.05, 4.69) is 5.32 Å². The summed E-state index contributed by atoms with van der Waals surface area (Å²) in [7, 11) is 0. The number of piperazine rings is 1. The second-order valence-corrected chi connectivity index (χ2v) is 5.56. The highest BCUT2D eigenvalue weighted by atomic mass is 16.2. The van der Waals surface area contributed by atoms with Crippen LogP contribution in [0.25, 0.3) is 0 Å². The summed E-state index contributed by atoms with van der Waals surface area (Å²) in [5.74, 6) is -0.218. The van der Waals surface area contributed by atoms with Gasteiger partial charge in [0.2, 0.25) is 11.8 Å². The van der Waals surface area contributed by atoms with E-state index >= 15 is 0 Å². The molecule has 0 spiro atoms. The number of hydrogen-bond acceptors (Lipinski definition) is 3. The second-order valence-electron chi connectivity index (χ2n) is 5.56. The van der Waals surface area contributed by atoms with Gasteiger partial charge in [0.1, 0.15) is 0 Å². The molecule has 0 atom stereocenters. The summed E-state index contributed by atoms with van der Waals surface area (Å²) >= 11 is 0. The zero-order valence-corrected chi connectivity index (χ0v) is 13.5. The van der Waals surface area contributed by atoms with Crippen molar-refractivity contribution in [3.8, 4) is 0 Å². The molecular formula is C17H23N3O3. The van der Waals surface area contributed by atoms with Gasteiger partial charge in [0.15, 0.2) is 0 Å². The number of nitrogens with zero attached hydrogens (tertiary/aromatic N) is 2. The molecule has 1 heterocycles. The maximum atomic E-state index is 12.1. The predicted molar refractivity (Wildman–Crippen MR) is 86.8 cm³/mol. The molecule has 0 bridgehead atoms. The summed E-state index contributed by atoms with van der Waals surface area (Å²) in [5.41, 5.74) is 0.537. The van der Waals surface area contributed by atoms with Gasteiger partial charge in [-0.2, -0.15) is 0 Å². The number of nitrogens with one attached hydrogen (secondary N) is 1. The highest BCUT2D eigenvalue weighted by Crippen LogP contribution is 2.05. The Kier molecular flexibility index (Phi) is 6.14. The Hall–Kier alpha value is -2.37. The van der Waals surface area contributed by atoms with E-state index in [4.69, 9.17) is 0 Å². The van der Waals surface area contributed by atoms with E-state index in [1.54, 1.807) is 34.1 Å². The minimum absolute atomic E-state index is 0.0172. The monoisotopic (exact) mass is 317 g/mol. The molecule has 3 amide bonds. The van der Waals surface area contributed by atoms with Crippen molar-refractivity contribution in [2.45, 2.75) is 19.8 Å². The standard InChI is InChI=1S/C17H23N3O3/c1-2-6-15(21)19-9-11-20(12-10-19)16(22)13-18-17(23)14-7-4-3-5-8-14/h3-5,7-8H,2,6,9-13H2,1H3,(H,18,23). The third-order valence-electron chi connectivity index (χ3n) is 3.89. The summed E-state index contributed by atoms with van der Waals surface area (Å²) < 4.78 is 0. The zero-order valence-electron chi connectivity index (χ0n) is 13.5. The van der Waals surface area contributed by atoms with Crippen LogP contribution in [-0.2, 0) is 9.59 Å². The normalized spacial score (nSPS) is 14.5. The van der Waals surface area contributed by atoms with Crippen molar-refractivity contribution >= 4 is 17.7 Å². The Bertz CT molecular complexity index is 551. The molecule has 124 valence electrons.